The molecule has 2 heterocycles. The van der Waals surface area contributed by atoms with Gasteiger partial charge in [-0.2, -0.15) is 0 Å². The quantitative estimate of drug-likeness (QED) is 0.764. The molecule has 2 aliphatic rings. The number of fused-ring (bicyclic) bond motifs is 3. The Morgan fingerprint density at radius 2 is 2.14 bits per heavy atom. The number of anilines is 2. The fourth-order valence-corrected chi connectivity index (χ4v) is 3.33. The van der Waals surface area contributed by atoms with Crippen LogP contribution in [0.25, 0.3) is 11.3 Å². The first-order valence-electron chi connectivity index (χ1n) is 8.63. The number of allylic oxidation sites excluding steroid dienone is 1. The second kappa shape index (κ2) is 7.40. The van der Waals surface area contributed by atoms with Crippen LogP contribution in [-0.2, 0) is 16.0 Å². The normalized spacial score (nSPS) is 18.1. The van der Waals surface area contributed by atoms with Crippen molar-refractivity contribution in [2.45, 2.75) is 25.2 Å². The lowest BCUT2D eigenvalue weighted by atomic mass is 10.1. The lowest BCUT2D eigenvalue weighted by Crippen LogP contribution is -2.22. The summed E-state index contributed by atoms with van der Waals surface area (Å²) in [7, 11) is 0. The van der Waals surface area contributed by atoms with Gasteiger partial charge in [-0.1, -0.05) is 17.7 Å². The third-order valence-corrected chi connectivity index (χ3v) is 4.55. The van der Waals surface area contributed by atoms with Gasteiger partial charge in [-0.25, -0.2) is 9.97 Å². The van der Waals surface area contributed by atoms with Crippen molar-refractivity contribution >= 4 is 29.1 Å². The van der Waals surface area contributed by atoms with Gasteiger partial charge >= 0.3 is 6.36 Å². The van der Waals surface area contributed by atoms with Crippen molar-refractivity contribution in [1.29, 1.82) is 0 Å². The largest absolute Gasteiger partial charge is 0.573 e. The number of hydrogen-bond acceptors (Lipinski definition) is 5. The predicted molar refractivity (Wildman–Crippen MR) is 101 cm³/mol. The van der Waals surface area contributed by atoms with Crippen LogP contribution in [0.1, 0.15) is 12.0 Å². The van der Waals surface area contributed by atoms with Gasteiger partial charge < -0.3 is 15.4 Å². The Morgan fingerprint density at radius 3 is 2.93 bits per heavy atom. The Hall–Kier alpha value is -3.07. The number of nitrogens with one attached hydrogen (secondary N) is 2. The van der Waals surface area contributed by atoms with E-state index < -0.39 is 12.4 Å². The molecule has 150 valence electrons. The fourth-order valence-electron chi connectivity index (χ4n) is 3.15. The van der Waals surface area contributed by atoms with Crippen molar-refractivity contribution in [3.05, 3.63) is 59.0 Å². The molecule has 0 fully saturated rings. The molecule has 0 saturated carbocycles. The molecule has 0 radical (unpaired) electrons. The van der Waals surface area contributed by atoms with Crippen LogP contribution in [0.2, 0.25) is 5.02 Å². The minimum absolute atomic E-state index is 0.0948. The number of halogens is 4. The molecule has 0 spiro atoms. The predicted octanol–water partition coefficient (Wildman–Crippen LogP) is 4.45. The Morgan fingerprint density at radius 1 is 1.31 bits per heavy atom. The number of rotatable bonds is 3. The molecule has 0 saturated heterocycles. The second-order valence-corrected chi connectivity index (χ2v) is 6.92. The average molecular weight is 423 g/mol. The van der Waals surface area contributed by atoms with Gasteiger partial charge in [-0.05, 0) is 36.8 Å². The van der Waals surface area contributed by atoms with Crippen LogP contribution in [0.5, 0.6) is 0 Å². The molecule has 1 aliphatic heterocycles. The highest BCUT2D eigenvalue weighted by atomic mass is 35.5. The van der Waals surface area contributed by atoms with E-state index in [1.54, 1.807) is 24.3 Å². The van der Waals surface area contributed by atoms with E-state index in [0.717, 1.165) is 0 Å². The zero-order valence-electron chi connectivity index (χ0n) is 14.8. The summed E-state index contributed by atoms with van der Waals surface area (Å²) in [5.74, 6) is -0.293. The molecule has 6 nitrogen and oxygen atoms in total. The fraction of sp³-hybridized carbons (Fsp3) is 0.211. The van der Waals surface area contributed by atoms with Crippen LogP contribution in [0, 0.1) is 0 Å². The monoisotopic (exact) mass is 422 g/mol. The van der Waals surface area contributed by atoms with Crippen LogP contribution in [0.15, 0.2) is 48.4 Å². The molecule has 10 heteroatoms. The molecule has 0 bridgehead atoms. The zero-order chi connectivity index (χ0) is 20.6. The number of carbonyl (C=O) groups is 1. The first-order valence-corrected chi connectivity index (χ1v) is 9.01. The number of amides is 1. The van der Waals surface area contributed by atoms with Crippen molar-refractivity contribution in [3.63, 3.8) is 0 Å². The van der Waals surface area contributed by atoms with E-state index >= 15 is 0 Å². The van der Waals surface area contributed by atoms with E-state index in [9.17, 15) is 18.0 Å². The molecular weight excluding hydrogens is 409 g/mol. The Labute approximate surface area is 168 Å². The molecule has 1 unspecified atom stereocenters. The van der Waals surface area contributed by atoms with E-state index in [4.69, 9.17) is 11.6 Å². The van der Waals surface area contributed by atoms with Gasteiger partial charge in [0.1, 0.15) is 5.76 Å². The van der Waals surface area contributed by atoms with Crippen molar-refractivity contribution in [2.24, 2.45) is 0 Å². The zero-order valence-corrected chi connectivity index (χ0v) is 15.5. The van der Waals surface area contributed by atoms with E-state index in [2.05, 4.69) is 25.3 Å². The van der Waals surface area contributed by atoms with Crippen LogP contribution in [0.4, 0.5) is 24.8 Å². The van der Waals surface area contributed by atoms with Gasteiger partial charge in [0.2, 0.25) is 11.9 Å². The average Bonchev–Trinajstić information content (AvgIpc) is 2.75. The summed E-state index contributed by atoms with van der Waals surface area (Å²) in [4.78, 5) is 20.8. The Kier molecular flexibility index (Phi) is 4.91. The minimum atomic E-state index is -4.76. The third kappa shape index (κ3) is 4.51. The van der Waals surface area contributed by atoms with Gasteiger partial charge in [-0.15, -0.1) is 13.2 Å². The van der Waals surface area contributed by atoms with Crippen molar-refractivity contribution in [2.75, 3.05) is 10.6 Å². The van der Waals surface area contributed by atoms with Crippen LogP contribution in [-0.4, -0.2) is 28.3 Å². The van der Waals surface area contributed by atoms with Gasteiger partial charge in [-0.3, -0.25) is 4.79 Å². The van der Waals surface area contributed by atoms with Gasteiger partial charge in [0.15, 0.2) is 0 Å². The van der Waals surface area contributed by atoms with E-state index in [1.807, 2.05) is 0 Å². The number of carbonyl (C=O) groups excluding carboxylic acids is 1. The first-order chi connectivity index (χ1) is 13.8. The smallest absolute Gasteiger partial charge is 0.406 e. The van der Waals surface area contributed by atoms with Crippen LogP contribution < -0.4 is 10.6 Å². The second-order valence-electron chi connectivity index (χ2n) is 6.49. The maximum atomic E-state index is 12.4. The molecule has 1 amide bonds. The molecular formula is C19H14ClF3N4O2. The summed E-state index contributed by atoms with van der Waals surface area (Å²) < 4.78 is 41.3. The number of benzene rings is 1. The molecule has 29 heavy (non-hydrogen) atoms. The highest BCUT2D eigenvalue weighted by Crippen LogP contribution is 2.34. The van der Waals surface area contributed by atoms with E-state index in [-0.39, 0.29) is 24.0 Å². The summed E-state index contributed by atoms with van der Waals surface area (Å²) >= 11 is 6.02. The molecule has 1 aromatic heterocycles. The Balaban J connectivity index is 1.63. The van der Waals surface area contributed by atoms with E-state index in [0.29, 0.717) is 34.0 Å². The lowest BCUT2D eigenvalue weighted by molar-refractivity contribution is -0.303. The topological polar surface area (TPSA) is 76.1 Å². The highest BCUT2D eigenvalue weighted by molar-refractivity contribution is 6.31. The van der Waals surface area contributed by atoms with Gasteiger partial charge in [0, 0.05) is 22.3 Å². The molecule has 2 N–H and O–H groups in total. The summed E-state index contributed by atoms with van der Waals surface area (Å²) in [5, 5.41) is 6.25. The van der Waals surface area contributed by atoms with Crippen molar-refractivity contribution in [3.8, 4) is 11.3 Å². The van der Waals surface area contributed by atoms with E-state index in [1.165, 1.54) is 18.3 Å². The highest BCUT2D eigenvalue weighted by Gasteiger charge is 2.32. The number of aromatic nitrogens is 2. The van der Waals surface area contributed by atoms with Crippen molar-refractivity contribution < 1.29 is 22.7 Å². The number of nitrogens with zero attached hydrogens (tertiary/aromatic N) is 2. The SMILES string of the molecule is O=C1Cc2cnc(NC3C=C(OC(F)(F)F)C=CC3)nc2-c2ccc(Cl)cc2N1. The summed E-state index contributed by atoms with van der Waals surface area (Å²) in [6, 6.07) is 4.59. The third-order valence-electron chi connectivity index (χ3n) is 4.31. The van der Waals surface area contributed by atoms with Crippen molar-refractivity contribution in [1.82, 2.24) is 9.97 Å². The van der Waals surface area contributed by atoms with Gasteiger partial charge in [0.25, 0.3) is 0 Å². The lowest BCUT2D eigenvalue weighted by Gasteiger charge is -2.19. The standard InChI is InChI=1S/C19H14ClF3N4O2/c20-11-4-5-14-15(7-11)26-16(28)6-10-9-24-18(27-17(10)14)25-12-2-1-3-13(8-12)29-19(21,22)23/h1,3-5,7-9,12H,2,6H2,(H,26,28)(H,24,25,27). The molecule has 1 atom stereocenters. The van der Waals surface area contributed by atoms with Crippen LogP contribution >= 0.6 is 11.6 Å². The molecule has 1 aliphatic carbocycles. The first kappa shape index (κ1) is 19.3. The minimum Gasteiger partial charge on any atom is -0.406 e. The molecule has 1 aromatic carbocycles. The van der Waals surface area contributed by atoms with Crippen LogP contribution in [0.3, 0.4) is 0 Å². The number of alkyl halides is 3. The summed E-state index contributed by atoms with van der Waals surface area (Å²) in [5.41, 5.74) is 2.40. The maximum Gasteiger partial charge on any atom is 0.573 e. The summed E-state index contributed by atoms with van der Waals surface area (Å²) in [6.45, 7) is 0. The maximum absolute atomic E-state index is 12.4. The van der Waals surface area contributed by atoms with Gasteiger partial charge in [0.05, 0.1) is 23.8 Å². The number of hydrogen-bond donors (Lipinski definition) is 2. The Bertz CT molecular complexity index is 1040. The molecule has 2 aromatic rings. The summed E-state index contributed by atoms with van der Waals surface area (Å²) in [6.07, 6.45) is 1.46. The number of ether oxygens (including phenoxy) is 1. The molecule has 4 rings (SSSR count).